The molecule has 0 N–H and O–H groups in total. The third-order valence-corrected chi connectivity index (χ3v) is 7.14. The summed E-state index contributed by atoms with van der Waals surface area (Å²) in [6.07, 6.45) is 3.28. The Bertz CT molecular complexity index is 1320. The molecule has 0 unspecified atom stereocenters. The third-order valence-electron chi connectivity index (χ3n) is 7.14. The second-order valence-electron chi connectivity index (χ2n) is 9.43. The summed E-state index contributed by atoms with van der Waals surface area (Å²) in [6.45, 7) is 0. The minimum absolute atomic E-state index is 0.677. The zero-order valence-corrected chi connectivity index (χ0v) is 24.2. The minimum atomic E-state index is 0.677. The van der Waals surface area contributed by atoms with Crippen molar-refractivity contribution in [1.82, 2.24) is 0 Å². The highest BCUT2D eigenvalue weighted by Crippen LogP contribution is 2.42. The van der Waals surface area contributed by atoms with Crippen molar-refractivity contribution in [3.8, 4) is 45.6 Å². The van der Waals surface area contributed by atoms with Crippen molar-refractivity contribution in [2.45, 2.75) is 25.7 Å². The fourth-order valence-corrected chi connectivity index (χ4v) is 4.97. The quantitative estimate of drug-likeness (QED) is 0.182. The second kappa shape index (κ2) is 13.7. The molecule has 210 valence electrons. The van der Waals surface area contributed by atoms with Gasteiger partial charge in [0.1, 0.15) is 11.5 Å². The fraction of sp³-hybridized carbons (Fsp3) is 0.294. The molecule has 6 nitrogen and oxygen atoms in total. The van der Waals surface area contributed by atoms with Gasteiger partial charge in [0, 0.05) is 0 Å². The smallest absolute Gasteiger partial charge is 0.161 e. The van der Waals surface area contributed by atoms with Crippen molar-refractivity contribution in [3.63, 3.8) is 0 Å². The van der Waals surface area contributed by atoms with Crippen LogP contribution in [-0.2, 0) is 25.7 Å². The highest BCUT2D eigenvalue weighted by Gasteiger charge is 2.19. The third kappa shape index (κ3) is 6.63. The normalized spacial score (nSPS) is 10.7. The van der Waals surface area contributed by atoms with Gasteiger partial charge in [-0.2, -0.15) is 0 Å². The summed E-state index contributed by atoms with van der Waals surface area (Å²) in [5.41, 5.74) is 6.84. The maximum Gasteiger partial charge on any atom is 0.161 e. The zero-order valence-electron chi connectivity index (χ0n) is 24.2. The molecule has 0 spiro atoms. The number of rotatable bonds is 13. The summed E-state index contributed by atoms with van der Waals surface area (Å²) in [5.74, 6) is 4.46. The van der Waals surface area contributed by atoms with Gasteiger partial charge in [-0.15, -0.1) is 0 Å². The topological polar surface area (TPSA) is 55.4 Å². The number of aryl methyl sites for hydroxylation is 4. The van der Waals surface area contributed by atoms with Crippen LogP contribution < -0.4 is 28.4 Å². The van der Waals surface area contributed by atoms with E-state index >= 15 is 0 Å². The zero-order chi connectivity index (χ0) is 28.5. The van der Waals surface area contributed by atoms with Crippen molar-refractivity contribution in [2.24, 2.45) is 0 Å². The van der Waals surface area contributed by atoms with Gasteiger partial charge in [-0.3, -0.25) is 0 Å². The molecule has 4 aromatic carbocycles. The van der Waals surface area contributed by atoms with Crippen LogP contribution in [-0.4, -0.2) is 42.7 Å². The molecule has 0 radical (unpaired) electrons. The Kier molecular flexibility index (Phi) is 9.79. The van der Waals surface area contributed by atoms with Crippen LogP contribution in [0.5, 0.6) is 34.5 Å². The van der Waals surface area contributed by atoms with E-state index in [9.17, 15) is 0 Å². The van der Waals surface area contributed by atoms with E-state index in [2.05, 4.69) is 48.5 Å². The van der Waals surface area contributed by atoms with E-state index in [1.54, 1.807) is 42.7 Å². The van der Waals surface area contributed by atoms with Crippen molar-refractivity contribution >= 4 is 0 Å². The fourth-order valence-electron chi connectivity index (χ4n) is 4.97. The number of benzene rings is 4. The van der Waals surface area contributed by atoms with Crippen molar-refractivity contribution in [1.29, 1.82) is 0 Å². The SMILES string of the molecule is COc1cccc(CCc2cc(OC)c(OC)cc2-c2cc(OC)c(OC)cc2CCc2cccc(OC)c2)c1. The van der Waals surface area contributed by atoms with Crippen LogP contribution in [0.2, 0.25) is 0 Å². The average molecular weight is 543 g/mol. The molecule has 0 atom stereocenters. The Hall–Kier alpha value is -4.32. The van der Waals surface area contributed by atoms with Crippen LogP contribution in [0, 0.1) is 0 Å². The van der Waals surface area contributed by atoms with E-state index in [-0.39, 0.29) is 0 Å². The Balaban J connectivity index is 1.79. The van der Waals surface area contributed by atoms with Gasteiger partial charge >= 0.3 is 0 Å². The van der Waals surface area contributed by atoms with Gasteiger partial charge in [-0.25, -0.2) is 0 Å². The first-order chi connectivity index (χ1) is 19.5. The number of methoxy groups -OCH3 is 6. The van der Waals surface area contributed by atoms with Crippen LogP contribution in [0.25, 0.3) is 11.1 Å². The predicted molar refractivity (Wildman–Crippen MR) is 159 cm³/mol. The highest BCUT2D eigenvalue weighted by atomic mass is 16.5. The monoisotopic (exact) mass is 542 g/mol. The van der Waals surface area contributed by atoms with Gasteiger partial charge < -0.3 is 28.4 Å². The first-order valence-corrected chi connectivity index (χ1v) is 13.3. The standard InChI is InChI=1S/C34H38O6/c1-35-27-11-7-9-23(17-27)13-15-25-19-31(37-3)33(39-5)21-29(25)30-22-34(40-6)32(38-4)20-26(30)16-14-24-10-8-12-28(18-24)36-2/h7-12,17-22H,13-16H2,1-6H3. The van der Waals surface area contributed by atoms with E-state index < -0.39 is 0 Å². The molecule has 0 saturated heterocycles. The highest BCUT2D eigenvalue weighted by molar-refractivity contribution is 5.77. The molecule has 0 heterocycles. The molecular formula is C34H38O6. The summed E-state index contributed by atoms with van der Waals surface area (Å²) < 4.78 is 33.7. The van der Waals surface area contributed by atoms with Gasteiger partial charge in [0.05, 0.1) is 42.7 Å². The first kappa shape index (κ1) is 28.7. The summed E-state index contributed by atoms with van der Waals surface area (Å²) in [5, 5.41) is 0. The molecule has 0 aliphatic carbocycles. The molecule has 0 amide bonds. The van der Waals surface area contributed by atoms with Crippen LogP contribution in [0.15, 0.2) is 72.8 Å². The molecule has 4 rings (SSSR count). The number of hydrogen-bond donors (Lipinski definition) is 0. The Morgan fingerprint density at radius 2 is 0.775 bits per heavy atom. The van der Waals surface area contributed by atoms with Gasteiger partial charge in [0.15, 0.2) is 23.0 Å². The molecule has 0 saturated carbocycles. The lowest BCUT2D eigenvalue weighted by atomic mass is 9.89. The van der Waals surface area contributed by atoms with Crippen LogP contribution in [0.4, 0.5) is 0 Å². The lowest BCUT2D eigenvalue weighted by Crippen LogP contribution is -2.03. The number of hydrogen-bond acceptors (Lipinski definition) is 6. The van der Waals surface area contributed by atoms with E-state index in [0.717, 1.165) is 59.4 Å². The maximum atomic E-state index is 5.73. The molecule has 4 aromatic rings. The van der Waals surface area contributed by atoms with Gasteiger partial charge in [-0.1, -0.05) is 24.3 Å². The Morgan fingerprint density at radius 1 is 0.400 bits per heavy atom. The van der Waals surface area contributed by atoms with Gasteiger partial charge in [-0.05, 0) is 108 Å². The molecule has 0 bridgehead atoms. The molecule has 0 aliphatic rings. The first-order valence-electron chi connectivity index (χ1n) is 13.3. The van der Waals surface area contributed by atoms with Crippen molar-refractivity contribution < 1.29 is 28.4 Å². The van der Waals surface area contributed by atoms with E-state index in [1.165, 1.54) is 11.1 Å². The maximum absolute atomic E-state index is 5.73. The largest absolute Gasteiger partial charge is 0.497 e. The van der Waals surface area contributed by atoms with Crippen molar-refractivity contribution in [3.05, 3.63) is 95.1 Å². The summed E-state index contributed by atoms with van der Waals surface area (Å²) in [4.78, 5) is 0. The predicted octanol–water partition coefficient (Wildman–Crippen LogP) is 6.98. The van der Waals surface area contributed by atoms with E-state index in [4.69, 9.17) is 28.4 Å². The lowest BCUT2D eigenvalue weighted by molar-refractivity contribution is 0.354. The second-order valence-corrected chi connectivity index (χ2v) is 9.43. The average Bonchev–Trinajstić information content (AvgIpc) is 3.02. The van der Waals surface area contributed by atoms with Crippen molar-refractivity contribution in [2.75, 3.05) is 42.7 Å². The Morgan fingerprint density at radius 3 is 1.12 bits per heavy atom. The molecule has 0 fully saturated rings. The lowest BCUT2D eigenvalue weighted by Gasteiger charge is -2.20. The summed E-state index contributed by atoms with van der Waals surface area (Å²) in [7, 11) is 10.0. The number of ether oxygens (including phenoxy) is 6. The molecular weight excluding hydrogens is 504 g/mol. The van der Waals surface area contributed by atoms with Gasteiger partial charge in [0.25, 0.3) is 0 Å². The summed E-state index contributed by atoms with van der Waals surface area (Å²) >= 11 is 0. The van der Waals surface area contributed by atoms with E-state index in [0.29, 0.717) is 23.0 Å². The van der Waals surface area contributed by atoms with Crippen LogP contribution in [0.3, 0.4) is 0 Å². The molecule has 0 aliphatic heterocycles. The van der Waals surface area contributed by atoms with Gasteiger partial charge in [0.2, 0.25) is 0 Å². The molecule has 40 heavy (non-hydrogen) atoms. The van der Waals surface area contributed by atoms with E-state index in [1.807, 2.05) is 24.3 Å². The van der Waals surface area contributed by atoms with Crippen LogP contribution in [0.1, 0.15) is 22.3 Å². The Labute approximate surface area is 237 Å². The van der Waals surface area contributed by atoms with Crippen LogP contribution >= 0.6 is 0 Å². The molecule has 6 heteroatoms. The summed E-state index contributed by atoms with van der Waals surface area (Å²) in [6, 6.07) is 24.7. The molecule has 0 aromatic heterocycles. The minimum Gasteiger partial charge on any atom is -0.497 e.